The quantitative estimate of drug-likeness (QED) is 0.754. The normalized spacial score (nSPS) is 19.3. The van der Waals surface area contributed by atoms with Crippen LogP contribution in [0.4, 0.5) is 5.69 Å². The predicted molar refractivity (Wildman–Crippen MR) is 101 cm³/mol. The molecule has 7 heteroatoms. The lowest BCUT2D eigenvalue weighted by atomic mass is 9.92. The third-order valence-corrected chi connectivity index (χ3v) is 5.05. The molecule has 140 valence electrons. The molecule has 0 spiro atoms. The van der Waals surface area contributed by atoms with Crippen molar-refractivity contribution >= 4 is 11.6 Å². The smallest absolute Gasteiger partial charge is 0.261 e. The lowest BCUT2D eigenvalue weighted by molar-refractivity contribution is -0.136. The van der Waals surface area contributed by atoms with E-state index in [0.29, 0.717) is 13.0 Å². The molecule has 1 fully saturated rings. The van der Waals surface area contributed by atoms with Gasteiger partial charge in [-0.1, -0.05) is 12.1 Å². The Morgan fingerprint density at radius 2 is 2.15 bits per heavy atom. The molecule has 0 aliphatic carbocycles. The SMILES string of the molecule is Cc1nccn1Cc1ccc(NC(=O)C2(c3cnn(C)c3)CCCO2)cc1. The number of anilines is 1. The number of ether oxygens (including phenoxy) is 1. The average molecular weight is 365 g/mol. The second kappa shape index (κ2) is 7.00. The van der Waals surface area contributed by atoms with Crippen molar-refractivity contribution < 1.29 is 9.53 Å². The van der Waals surface area contributed by atoms with Crippen LogP contribution in [-0.2, 0) is 28.7 Å². The summed E-state index contributed by atoms with van der Waals surface area (Å²) in [4.78, 5) is 17.3. The molecule has 1 unspecified atom stereocenters. The van der Waals surface area contributed by atoms with Gasteiger partial charge in [0.25, 0.3) is 5.91 Å². The Labute approximate surface area is 158 Å². The maximum absolute atomic E-state index is 13.0. The maximum atomic E-state index is 13.0. The van der Waals surface area contributed by atoms with E-state index < -0.39 is 5.60 Å². The summed E-state index contributed by atoms with van der Waals surface area (Å²) in [6, 6.07) is 7.87. The van der Waals surface area contributed by atoms with E-state index in [1.807, 2.05) is 50.6 Å². The summed E-state index contributed by atoms with van der Waals surface area (Å²) in [6.45, 7) is 3.31. The van der Waals surface area contributed by atoms with E-state index in [2.05, 4.69) is 20.0 Å². The lowest BCUT2D eigenvalue weighted by Gasteiger charge is -2.26. The molecule has 2 aromatic heterocycles. The number of imidazole rings is 1. The Morgan fingerprint density at radius 3 is 2.74 bits per heavy atom. The fourth-order valence-electron chi connectivity index (χ4n) is 3.50. The number of carbonyl (C=O) groups excluding carboxylic acids is 1. The van der Waals surface area contributed by atoms with Gasteiger partial charge in [0.05, 0.1) is 6.20 Å². The van der Waals surface area contributed by atoms with E-state index in [0.717, 1.165) is 35.6 Å². The third kappa shape index (κ3) is 3.38. The van der Waals surface area contributed by atoms with Crippen LogP contribution < -0.4 is 5.32 Å². The minimum atomic E-state index is -0.957. The molecule has 1 atom stereocenters. The first kappa shape index (κ1) is 17.5. The lowest BCUT2D eigenvalue weighted by Crippen LogP contribution is -2.39. The zero-order valence-corrected chi connectivity index (χ0v) is 15.6. The van der Waals surface area contributed by atoms with Crippen LogP contribution in [-0.4, -0.2) is 31.8 Å². The number of aryl methyl sites for hydroxylation is 2. The molecule has 0 saturated carbocycles. The van der Waals surface area contributed by atoms with Crippen LogP contribution in [0.25, 0.3) is 0 Å². The van der Waals surface area contributed by atoms with Crippen molar-refractivity contribution in [1.82, 2.24) is 19.3 Å². The Hall–Kier alpha value is -2.93. The third-order valence-electron chi connectivity index (χ3n) is 5.05. The van der Waals surface area contributed by atoms with Crippen LogP contribution in [0.1, 0.15) is 29.8 Å². The van der Waals surface area contributed by atoms with Crippen LogP contribution in [0.15, 0.2) is 49.1 Å². The van der Waals surface area contributed by atoms with E-state index >= 15 is 0 Å². The summed E-state index contributed by atoms with van der Waals surface area (Å²) in [5.74, 6) is 0.829. The summed E-state index contributed by atoms with van der Waals surface area (Å²) in [7, 11) is 1.84. The van der Waals surface area contributed by atoms with Crippen LogP contribution >= 0.6 is 0 Å². The topological polar surface area (TPSA) is 74.0 Å². The molecule has 3 heterocycles. The van der Waals surface area contributed by atoms with Gasteiger partial charge >= 0.3 is 0 Å². The number of amides is 1. The minimum Gasteiger partial charge on any atom is -0.360 e. The van der Waals surface area contributed by atoms with E-state index in [9.17, 15) is 4.79 Å². The number of hydrogen-bond donors (Lipinski definition) is 1. The Bertz CT molecular complexity index is 935. The van der Waals surface area contributed by atoms with Crippen molar-refractivity contribution in [2.24, 2.45) is 7.05 Å². The summed E-state index contributed by atoms with van der Waals surface area (Å²) in [5.41, 5.74) is 1.74. The Balaban J connectivity index is 1.49. The van der Waals surface area contributed by atoms with Gasteiger partial charge in [-0.15, -0.1) is 0 Å². The molecule has 1 amide bonds. The fourth-order valence-corrected chi connectivity index (χ4v) is 3.50. The summed E-state index contributed by atoms with van der Waals surface area (Å²) in [6.07, 6.45) is 8.82. The summed E-state index contributed by atoms with van der Waals surface area (Å²) >= 11 is 0. The van der Waals surface area contributed by atoms with Gasteiger partial charge in [-0.3, -0.25) is 9.48 Å². The average Bonchev–Trinajstić information content (AvgIpc) is 3.39. The molecule has 1 aromatic carbocycles. The zero-order chi connectivity index (χ0) is 18.9. The fraction of sp³-hybridized carbons (Fsp3) is 0.350. The van der Waals surface area contributed by atoms with Crippen molar-refractivity contribution in [3.63, 3.8) is 0 Å². The highest BCUT2D eigenvalue weighted by molar-refractivity contribution is 5.98. The van der Waals surface area contributed by atoms with Crippen molar-refractivity contribution in [2.75, 3.05) is 11.9 Å². The maximum Gasteiger partial charge on any atom is 0.261 e. The molecule has 27 heavy (non-hydrogen) atoms. The predicted octanol–water partition coefficient (Wildman–Crippen LogP) is 2.62. The molecule has 4 rings (SSSR count). The molecule has 1 N–H and O–H groups in total. The highest BCUT2D eigenvalue weighted by Crippen LogP contribution is 2.37. The van der Waals surface area contributed by atoms with Gasteiger partial charge in [-0.05, 0) is 37.5 Å². The number of benzene rings is 1. The van der Waals surface area contributed by atoms with E-state index in [1.54, 1.807) is 17.1 Å². The van der Waals surface area contributed by atoms with Crippen LogP contribution in [0, 0.1) is 6.92 Å². The number of nitrogens with zero attached hydrogens (tertiary/aromatic N) is 4. The molecule has 3 aromatic rings. The van der Waals surface area contributed by atoms with Crippen molar-refractivity contribution in [3.05, 3.63) is 66.0 Å². The molecule has 1 saturated heterocycles. The monoisotopic (exact) mass is 365 g/mol. The van der Waals surface area contributed by atoms with Crippen molar-refractivity contribution in [2.45, 2.75) is 31.9 Å². The number of nitrogens with one attached hydrogen (secondary N) is 1. The first-order chi connectivity index (χ1) is 13.1. The van der Waals surface area contributed by atoms with Gasteiger partial charge in [-0.25, -0.2) is 4.98 Å². The summed E-state index contributed by atoms with van der Waals surface area (Å²) in [5, 5.41) is 7.21. The Kier molecular flexibility index (Phi) is 4.53. The second-order valence-corrected chi connectivity index (χ2v) is 6.94. The van der Waals surface area contributed by atoms with Gasteiger partial charge in [0, 0.05) is 50.0 Å². The van der Waals surface area contributed by atoms with Gasteiger partial charge in [0.2, 0.25) is 0 Å². The molecular formula is C20H23N5O2. The Morgan fingerprint density at radius 1 is 1.33 bits per heavy atom. The van der Waals surface area contributed by atoms with Gasteiger partial charge in [0.15, 0.2) is 5.60 Å². The van der Waals surface area contributed by atoms with Crippen molar-refractivity contribution in [1.29, 1.82) is 0 Å². The standard InChI is InChI=1S/C20H23N5O2/c1-15-21-9-10-25(15)13-16-4-6-18(7-5-16)23-19(26)20(8-3-11-27-20)17-12-22-24(2)14-17/h4-7,9-10,12,14H,3,8,11,13H2,1-2H3,(H,23,26). The molecule has 1 aliphatic heterocycles. The highest BCUT2D eigenvalue weighted by Gasteiger charge is 2.45. The molecule has 0 bridgehead atoms. The van der Waals surface area contributed by atoms with E-state index in [-0.39, 0.29) is 5.91 Å². The second-order valence-electron chi connectivity index (χ2n) is 6.94. The highest BCUT2D eigenvalue weighted by atomic mass is 16.5. The zero-order valence-electron chi connectivity index (χ0n) is 15.6. The minimum absolute atomic E-state index is 0.147. The summed E-state index contributed by atoms with van der Waals surface area (Å²) < 4.78 is 9.68. The van der Waals surface area contributed by atoms with E-state index in [4.69, 9.17) is 4.74 Å². The number of carbonyl (C=O) groups is 1. The van der Waals surface area contributed by atoms with Crippen LogP contribution in [0.5, 0.6) is 0 Å². The number of aromatic nitrogens is 4. The van der Waals surface area contributed by atoms with Gasteiger partial charge in [0.1, 0.15) is 5.82 Å². The van der Waals surface area contributed by atoms with Crippen LogP contribution in [0.2, 0.25) is 0 Å². The van der Waals surface area contributed by atoms with Crippen LogP contribution in [0.3, 0.4) is 0 Å². The van der Waals surface area contributed by atoms with Gasteiger partial charge < -0.3 is 14.6 Å². The number of hydrogen-bond acceptors (Lipinski definition) is 4. The first-order valence-corrected chi connectivity index (χ1v) is 9.08. The number of rotatable bonds is 5. The molecule has 0 radical (unpaired) electrons. The molecular weight excluding hydrogens is 342 g/mol. The molecule has 1 aliphatic rings. The van der Waals surface area contributed by atoms with Crippen molar-refractivity contribution in [3.8, 4) is 0 Å². The first-order valence-electron chi connectivity index (χ1n) is 9.08. The van der Waals surface area contributed by atoms with E-state index in [1.165, 1.54) is 0 Å². The molecule has 7 nitrogen and oxygen atoms in total. The largest absolute Gasteiger partial charge is 0.360 e. The van der Waals surface area contributed by atoms with Gasteiger partial charge in [-0.2, -0.15) is 5.10 Å².